The Labute approximate surface area is 81.1 Å². The fraction of sp³-hybridized carbons (Fsp3) is 0.750. The third-order valence-electron chi connectivity index (χ3n) is 1.20. The quantitative estimate of drug-likeness (QED) is 0.519. The molecule has 6 heteroatoms. The van der Waals surface area contributed by atoms with Gasteiger partial charge < -0.3 is 20.1 Å². The summed E-state index contributed by atoms with van der Waals surface area (Å²) in [4.78, 5) is 21.2. The molecule has 0 bridgehead atoms. The van der Waals surface area contributed by atoms with Gasteiger partial charge in [-0.05, 0) is 20.8 Å². The lowest BCUT2D eigenvalue weighted by atomic mass is 10.1. The van der Waals surface area contributed by atoms with Crippen LogP contribution in [-0.4, -0.2) is 45.1 Å². The van der Waals surface area contributed by atoms with Crippen molar-refractivity contribution in [2.75, 3.05) is 0 Å². The molecule has 0 spiro atoms. The average Bonchev–Trinajstić information content (AvgIpc) is 1.98. The molecule has 0 saturated carbocycles. The Morgan fingerprint density at radius 1 is 1.14 bits per heavy atom. The average molecular weight is 206 g/mol. The van der Waals surface area contributed by atoms with Crippen LogP contribution >= 0.6 is 0 Å². The van der Waals surface area contributed by atoms with Gasteiger partial charge in [0, 0.05) is 0 Å². The summed E-state index contributed by atoms with van der Waals surface area (Å²) in [6.45, 7) is 4.68. The lowest BCUT2D eigenvalue weighted by Gasteiger charge is -2.22. The molecule has 0 radical (unpaired) electrons. The molecule has 0 rings (SSSR count). The van der Waals surface area contributed by atoms with Crippen LogP contribution in [0.15, 0.2) is 0 Å². The van der Waals surface area contributed by atoms with Gasteiger partial charge in [-0.3, -0.25) is 0 Å². The van der Waals surface area contributed by atoms with E-state index in [9.17, 15) is 9.59 Å². The van der Waals surface area contributed by atoms with Crippen molar-refractivity contribution in [1.82, 2.24) is 0 Å². The molecule has 14 heavy (non-hydrogen) atoms. The predicted molar refractivity (Wildman–Crippen MR) is 45.5 cm³/mol. The van der Waals surface area contributed by atoms with Gasteiger partial charge in [0.25, 0.3) is 0 Å². The summed E-state index contributed by atoms with van der Waals surface area (Å²) in [5.41, 5.74) is -0.837. The van der Waals surface area contributed by atoms with E-state index in [1.807, 2.05) is 0 Å². The number of carbonyl (C=O) groups is 2. The Morgan fingerprint density at radius 3 is 1.86 bits per heavy atom. The summed E-state index contributed by atoms with van der Waals surface area (Å²) < 4.78 is 4.66. The minimum atomic E-state index is -2.16. The van der Waals surface area contributed by atoms with E-state index in [-0.39, 0.29) is 0 Å². The van der Waals surface area contributed by atoms with Gasteiger partial charge in [0.2, 0.25) is 0 Å². The molecule has 2 unspecified atom stereocenters. The first kappa shape index (κ1) is 12.9. The first-order valence-electron chi connectivity index (χ1n) is 3.97. The maximum absolute atomic E-state index is 11.0. The van der Waals surface area contributed by atoms with Gasteiger partial charge in [-0.15, -0.1) is 0 Å². The number of ether oxygens (including phenoxy) is 1. The van der Waals surface area contributed by atoms with E-state index in [0.717, 1.165) is 0 Å². The SMILES string of the molecule is CC(C)(C)OC(=O)C(O)C(O)C(=O)O. The van der Waals surface area contributed by atoms with Gasteiger partial charge in [-0.2, -0.15) is 0 Å². The van der Waals surface area contributed by atoms with E-state index in [0.29, 0.717) is 0 Å². The van der Waals surface area contributed by atoms with Crippen LogP contribution in [0.25, 0.3) is 0 Å². The van der Waals surface area contributed by atoms with Gasteiger partial charge in [0.15, 0.2) is 12.2 Å². The molecular formula is C8H14O6. The summed E-state index contributed by atoms with van der Waals surface area (Å²) in [5.74, 6) is -2.84. The molecule has 0 aromatic rings. The van der Waals surface area contributed by atoms with E-state index in [4.69, 9.17) is 15.3 Å². The smallest absolute Gasteiger partial charge is 0.338 e. The standard InChI is InChI=1S/C8H14O6/c1-8(2,3)14-7(13)5(10)4(9)6(11)12/h4-5,9-10H,1-3H3,(H,11,12). The minimum absolute atomic E-state index is 0.837. The van der Waals surface area contributed by atoms with E-state index in [1.165, 1.54) is 0 Å². The lowest BCUT2D eigenvalue weighted by molar-refractivity contribution is -0.177. The van der Waals surface area contributed by atoms with Gasteiger partial charge in [0.1, 0.15) is 5.60 Å². The number of esters is 1. The van der Waals surface area contributed by atoms with Crippen LogP contribution in [-0.2, 0) is 14.3 Å². The highest BCUT2D eigenvalue weighted by Crippen LogP contribution is 2.09. The Morgan fingerprint density at radius 2 is 1.57 bits per heavy atom. The third kappa shape index (κ3) is 4.20. The monoisotopic (exact) mass is 206 g/mol. The predicted octanol–water partition coefficient (Wildman–Crippen LogP) is -0.866. The van der Waals surface area contributed by atoms with Gasteiger partial charge in [-0.1, -0.05) is 0 Å². The molecule has 3 N–H and O–H groups in total. The number of carboxylic acids is 1. The van der Waals surface area contributed by atoms with Crippen LogP contribution in [0, 0.1) is 0 Å². The maximum atomic E-state index is 11.0. The molecule has 0 aromatic carbocycles. The van der Waals surface area contributed by atoms with Gasteiger partial charge in [-0.25, -0.2) is 9.59 Å². The van der Waals surface area contributed by atoms with Crippen molar-refractivity contribution in [3.8, 4) is 0 Å². The molecule has 0 heterocycles. The number of aliphatic hydroxyl groups excluding tert-OH is 2. The Balaban J connectivity index is 4.33. The van der Waals surface area contributed by atoms with Crippen LogP contribution in [0.2, 0.25) is 0 Å². The summed E-state index contributed by atoms with van der Waals surface area (Å²) >= 11 is 0. The highest BCUT2D eigenvalue weighted by atomic mass is 16.6. The number of rotatable bonds is 3. The maximum Gasteiger partial charge on any atom is 0.338 e. The van der Waals surface area contributed by atoms with E-state index >= 15 is 0 Å². The van der Waals surface area contributed by atoms with Crippen LogP contribution in [0.1, 0.15) is 20.8 Å². The van der Waals surface area contributed by atoms with E-state index < -0.39 is 29.7 Å². The highest BCUT2D eigenvalue weighted by molar-refractivity contribution is 5.84. The molecule has 0 aliphatic carbocycles. The minimum Gasteiger partial charge on any atom is -0.479 e. The number of hydrogen-bond donors (Lipinski definition) is 3. The highest BCUT2D eigenvalue weighted by Gasteiger charge is 2.33. The lowest BCUT2D eigenvalue weighted by Crippen LogP contribution is -2.43. The van der Waals surface area contributed by atoms with Crippen molar-refractivity contribution in [2.24, 2.45) is 0 Å². The summed E-state index contributed by atoms with van der Waals surface area (Å²) in [6.07, 6.45) is -4.23. The normalized spacial score (nSPS) is 15.8. The zero-order chi connectivity index (χ0) is 11.5. The van der Waals surface area contributed by atoms with Crippen LogP contribution in [0.3, 0.4) is 0 Å². The Hall–Kier alpha value is -1.14. The number of aliphatic carboxylic acids is 1. The summed E-state index contributed by atoms with van der Waals surface area (Å²) in [7, 11) is 0. The molecule has 0 aliphatic rings. The molecule has 0 saturated heterocycles. The number of carboxylic acid groups (broad SMARTS) is 1. The number of hydrogen-bond acceptors (Lipinski definition) is 5. The number of aliphatic hydroxyl groups is 2. The molecular weight excluding hydrogens is 192 g/mol. The molecule has 6 nitrogen and oxygen atoms in total. The number of carbonyl (C=O) groups excluding carboxylic acids is 1. The van der Waals surface area contributed by atoms with Crippen LogP contribution < -0.4 is 0 Å². The summed E-state index contributed by atoms with van der Waals surface area (Å²) in [6, 6.07) is 0. The second-order valence-electron chi connectivity index (χ2n) is 3.76. The van der Waals surface area contributed by atoms with Crippen LogP contribution in [0.4, 0.5) is 0 Å². The first-order valence-corrected chi connectivity index (χ1v) is 3.97. The van der Waals surface area contributed by atoms with Crippen molar-refractivity contribution in [3.63, 3.8) is 0 Å². The molecule has 82 valence electrons. The molecule has 2 atom stereocenters. The Bertz CT molecular complexity index is 228. The topological polar surface area (TPSA) is 104 Å². The van der Waals surface area contributed by atoms with Crippen molar-refractivity contribution < 1.29 is 29.6 Å². The third-order valence-corrected chi connectivity index (χ3v) is 1.20. The van der Waals surface area contributed by atoms with Crippen molar-refractivity contribution >= 4 is 11.9 Å². The Kier molecular flexibility index (Phi) is 4.03. The van der Waals surface area contributed by atoms with E-state index in [2.05, 4.69) is 4.74 Å². The second-order valence-corrected chi connectivity index (χ2v) is 3.76. The fourth-order valence-electron chi connectivity index (χ4n) is 0.626. The zero-order valence-corrected chi connectivity index (χ0v) is 8.22. The van der Waals surface area contributed by atoms with Gasteiger partial charge in [0.05, 0.1) is 0 Å². The van der Waals surface area contributed by atoms with Crippen molar-refractivity contribution in [1.29, 1.82) is 0 Å². The van der Waals surface area contributed by atoms with Gasteiger partial charge >= 0.3 is 11.9 Å². The second kappa shape index (κ2) is 4.39. The molecule has 0 aliphatic heterocycles. The molecule has 0 aromatic heterocycles. The molecule has 0 fully saturated rings. The zero-order valence-electron chi connectivity index (χ0n) is 8.22. The van der Waals surface area contributed by atoms with Crippen molar-refractivity contribution in [3.05, 3.63) is 0 Å². The largest absolute Gasteiger partial charge is 0.479 e. The fourth-order valence-corrected chi connectivity index (χ4v) is 0.626. The molecule has 0 amide bonds. The first-order chi connectivity index (χ1) is 6.15. The van der Waals surface area contributed by atoms with Crippen LogP contribution in [0.5, 0.6) is 0 Å². The van der Waals surface area contributed by atoms with E-state index in [1.54, 1.807) is 20.8 Å². The summed E-state index contributed by atoms with van der Waals surface area (Å²) in [5, 5.41) is 26.1. The van der Waals surface area contributed by atoms with Crippen molar-refractivity contribution in [2.45, 2.75) is 38.6 Å².